The van der Waals surface area contributed by atoms with Gasteiger partial charge in [-0.2, -0.15) is 0 Å². The number of carboxylic acid groups (broad SMARTS) is 1. The zero-order chi connectivity index (χ0) is 18.9. The molecule has 5 nitrogen and oxygen atoms in total. The number of hydrogen-bond donors (Lipinski definition) is 3. The maximum Gasteiger partial charge on any atom is 0.303 e. The summed E-state index contributed by atoms with van der Waals surface area (Å²) in [4.78, 5) is 10.5. The number of unbranched alkanes of at least 4 members (excludes halogenated alkanes) is 1. The first-order valence-electron chi connectivity index (χ1n) is 9.02. The van der Waals surface area contributed by atoms with Gasteiger partial charge in [-0.05, 0) is 49.3 Å². The van der Waals surface area contributed by atoms with E-state index in [1.165, 1.54) is 0 Å². The summed E-state index contributed by atoms with van der Waals surface area (Å²) in [6, 6.07) is 7.27. The molecular formula is C20H27ClO5. The van der Waals surface area contributed by atoms with Crippen LogP contribution in [0, 0.1) is 11.8 Å². The van der Waals surface area contributed by atoms with E-state index in [9.17, 15) is 15.0 Å². The molecule has 0 radical (unpaired) electrons. The van der Waals surface area contributed by atoms with Crippen LogP contribution in [0.3, 0.4) is 0 Å². The van der Waals surface area contributed by atoms with Gasteiger partial charge in [0, 0.05) is 17.7 Å². The van der Waals surface area contributed by atoms with Crippen LogP contribution in [0.15, 0.2) is 36.4 Å². The zero-order valence-corrected chi connectivity index (χ0v) is 15.5. The summed E-state index contributed by atoms with van der Waals surface area (Å²) >= 11 is 6.42. The molecule has 3 N–H and O–H groups in total. The van der Waals surface area contributed by atoms with Gasteiger partial charge in [0.2, 0.25) is 0 Å². The van der Waals surface area contributed by atoms with Crippen LogP contribution in [-0.4, -0.2) is 39.4 Å². The zero-order valence-electron chi connectivity index (χ0n) is 14.8. The minimum absolute atomic E-state index is 0.0394. The Morgan fingerprint density at radius 1 is 1.31 bits per heavy atom. The summed E-state index contributed by atoms with van der Waals surface area (Å²) in [7, 11) is 0. The molecule has 0 saturated heterocycles. The number of aliphatic hydroxyl groups excluding tert-OH is 2. The largest absolute Gasteiger partial charge is 0.493 e. The Morgan fingerprint density at radius 2 is 2.12 bits per heavy atom. The highest BCUT2D eigenvalue weighted by Gasteiger charge is 2.41. The Hall–Kier alpha value is -1.56. The monoisotopic (exact) mass is 382 g/mol. The maximum absolute atomic E-state index is 10.5. The van der Waals surface area contributed by atoms with Crippen molar-refractivity contribution in [3.63, 3.8) is 0 Å². The molecule has 0 heterocycles. The average molecular weight is 383 g/mol. The average Bonchev–Trinajstić information content (AvgIpc) is 2.89. The first kappa shape index (κ1) is 20.7. The van der Waals surface area contributed by atoms with Gasteiger partial charge in [0.25, 0.3) is 0 Å². The van der Waals surface area contributed by atoms with E-state index in [-0.39, 0.29) is 30.2 Å². The Bertz CT molecular complexity index is 604. The van der Waals surface area contributed by atoms with E-state index >= 15 is 0 Å². The molecule has 1 aliphatic rings. The number of allylic oxidation sites excluding steroid dienone is 2. The molecule has 0 bridgehead atoms. The summed E-state index contributed by atoms with van der Waals surface area (Å²) in [5.74, 6) is -0.0484. The molecule has 0 unspecified atom stereocenters. The summed E-state index contributed by atoms with van der Waals surface area (Å²) in [6.07, 6.45) is 6.32. The lowest BCUT2D eigenvalue weighted by Crippen LogP contribution is -2.27. The number of hydrogen-bond acceptors (Lipinski definition) is 4. The van der Waals surface area contributed by atoms with E-state index in [2.05, 4.69) is 0 Å². The van der Waals surface area contributed by atoms with Crippen molar-refractivity contribution in [2.45, 2.75) is 50.2 Å². The molecule has 0 aliphatic heterocycles. The summed E-state index contributed by atoms with van der Waals surface area (Å²) in [5.41, 5.74) is 0.783. The normalized spacial score (nSPS) is 25.7. The van der Waals surface area contributed by atoms with Crippen LogP contribution in [0.25, 0.3) is 0 Å². The molecule has 1 fully saturated rings. The van der Waals surface area contributed by atoms with Crippen LogP contribution in [0.5, 0.6) is 5.75 Å². The molecule has 1 aliphatic carbocycles. The Morgan fingerprint density at radius 3 is 2.85 bits per heavy atom. The fourth-order valence-corrected chi connectivity index (χ4v) is 3.83. The second-order valence-electron chi connectivity index (χ2n) is 6.76. The molecule has 1 aromatic rings. The topological polar surface area (TPSA) is 87.0 Å². The van der Waals surface area contributed by atoms with Crippen LogP contribution >= 0.6 is 11.6 Å². The van der Waals surface area contributed by atoms with Gasteiger partial charge >= 0.3 is 5.97 Å². The van der Waals surface area contributed by atoms with Crippen LogP contribution in [0.2, 0.25) is 0 Å². The quantitative estimate of drug-likeness (QED) is 0.328. The van der Waals surface area contributed by atoms with Gasteiger partial charge in [0.15, 0.2) is 0 Å². The van der Waals surface area contributed by atoms with Gasteiger partial charge in [-0.25, -0.2) is 0 Å². The van der Waals surface area contributed by atoms with Crippen LogP contribution in [-0.2, 0) is 11.4 Å². The number of benzene rings is 1. The van der Waals surface area contributed by atoms with Gasteiger partial charge in [-0.15, -0.1) is 11.6 Å². The first-order chi connectivity index (χ1) is 12.5. The molecule has 144 valence electrons. The predicted molar refractivity (Wildman–Crippen MR) is 100 cm³/mol. The van der Waals surface area contributed by atoms with E-state index in [4.69, 9.17) is 21.4 Å². The lowest BCUT2D eigenvalue weighted by atomic mass is 9.92. The lowest BCUT2D eigenvalue weighted by molar-refractivity contribution is -0.137. The van der Waals surface area contributed by atoms with Crippen LogP contribution in [0.4, 0.5) is 0 Å². The van der Waals surface area contributed by atoms with Gasteiger partial charge in [0.05, 0.1) is 19.3 Å². The van der Waals surface area contributed by atoms with Crippen molar-refractivity contribution in [3.05, 3.63) is 42.0 Å². The highest BCUT2D eigenvalue weighted by Crippen LogP contribution is 2.39. The summed E-state index contributed by atoms with van der Waals surface area (Å²) in [6.45, 7) is 0.332. The van der Waals surface area contributed by atoms with Crippen molar-refractivity contribution < 1.29 is 24.9 Å². The Kier molecular flexibility index (Phi) is 8.42. The number of aliphatic hydroxyl groups is 2. The van der Waals surface area contributed by atoms with Crippen molar-refractivity contribution in [1.29, 1.82) is 0 Å². The molecule has 1 aromatic carbocycles. The minimum Gasteiger partial charge on any atom is -0.493 e. The third-order valence-corrected chi connectivity index (χ3v) is 5.34. The van der Waals surface area contributed by atoms with Crippen molar-refractivity contribution in [2.75, 3.05) is 6.61 Å². The Labute approximate surface area is 159 Å². The van der Waals surface area contributed by atoms with Crippen molar-refractivity contribution >= 4 is 17.6 Å². The maximum atomic E-state index is 10.5. The second-order valence-corrected chi connectivity index (χ2v) is 7.32. The number of rotatable bonds is 10. The van der Waals surface area contributed by atoms with E-state index in [0.29, 0.717) is 25.2 Å². The Balaban J connectivity index is 1.86. The van der Waals surface area contributed by atoms with E-state index in [1.807, 2.05) is 30.4 Å². The molecule has 2 rings (SSSR count). The van der Waals surface area contributed by atoms with E-state index in [0.717, 1.165) is 18.4 Å². The SMILES string of the molecule is O=C(O)CCCC=CC[C@@H]1[C@@H](COc2cccc(CO)c2)[C@H](O)C[C@H]1Cl. The van der Waals surface area contributed by atoms with Crippen LogP contribution < -0.4 is 4.74 Å². The van der Waals surface area contributed by atoms with Crippen LogP contribution in [0.1, 0.15) is 37.7 Å². The van der Waals surface area contributed by atoms with E-state index < -0.39 is 12.1 Å². The second kappa shape index (κ2) is 10.6. The summed E-state index contributed by atoms with van der Waals surface area (Å²) in [5, 5.41) is 28.0. The molecule has 6 heteroatoms. The number of halogens is 1. The van der Waals surface area contributed by atoms with Crippen molar-refractivity contribution in [1.82, 2.24) is 0 Å². The highest BCUT2D eigenvalue weighted by atomic mass is 35.5. The molecule has 26 heavy (non-hydrogen) atoms. The molecule has 0 spiro atoms. The number of carboxylic acids is 1. The van der Waals surface area contributed by atoms with Crippen molar-refractivity contribution in [3.8, 4) is 5.75 Å². The smallest absolute Gasteiger partial charge is 0.303 e. The third-order valence-electron chi connectivity index (χ3n) is 4.84. The molecule has 0 aromatic heterocycles. The molecular weight excluding hydrogens is 356 g/mol. The van der Waals surface area contributed by atoms with Crippen molar-refractivity contribution in [2.24, 2.45) is 11.8 Å². The van der Waals surface area contributed by atoms with E-state index in [1.54, 1.807) is 6.07 Å². The van der Waals surface area contributed by atoms with Gasteiger partial charge in [0.1, 0.15) is 5.75 Å². The van der Waals surface area contributed by atoms with Gasteiger partial charge in [-0.3, -0.25) is 4.79 Å². The number of aliphatic carboxylic acids is 1. The fourth-order valence-electron chi connectivity index (χ4n) is 3.36. The molecule has 0 amide bonds. The number of alkyl halides is 1. The lowest BCUT2D eigenvalue weighted by Gasteiger charge is -2.22. The molecule has 4 atom stereocenters. The highest BCUT2D eigenvalue weighted by molar-refractivity contribution is 6.21. The predicted octanol–water partition coefficient (Wildman–Crippen LogP) is 3.36. The standard InChI is InChI=1S/C20H27ClO5/c21-18-11-19(23)17(13-26-15-7-5-6-14(10-15)12-22)16(18)8-3-1-2-4-9-20(24)25/h1,3,5-7,10,16-19,22-23H,2,4,8-9,11-13H2,(H,24,25)/t16-,17-,18-,19-/m1/s1. The fraction of sp³-hybridized carbons (Fsp3) is 0.550. The number of ether oxygens (including phenoxy) is 1. The van der Waals surface area contributed by atoms with Gasteiger partial charge < -0.3 is 20.1 Å². The molecule has 1 saturated carbocycles. The summed E-state index contributed by atoms with van der Waals surface area (Å²) < 4.78 is 5.83. The first-order valence-corrected chi connectivity index (χ1v) is 9.46. The van der Waals surface area contributed by atoms with Gasteiger partial charge in [-0.1, -0.05) is 24.3 Å². The number of carbonyl (C=O) groups is 1. The minimum atomic E-state index is -0.777. The third kappa shape index (κ3) is 6.31.